The Bertz CT molecular complexity index is 783. The Hall–Kier alpha value is -2.62. The predicted molar refractivity (Wildman–Crippen MR) is 67.0 cm³/mol. The van der Waals surface area contributed by atoms with Crippen LogP contribution in [0.3, 0.4) is 0 Å². The Morgan fingerprint density at radius 3 is 2.61 bits per heavy atom. The molecule has 0 atom stereocenters. The molecule has 0 unspecified atom stereocenters. The normalized spacial score (nSPS) is 11.3. The van der Waals surface area contributed by atoms with E-state index in [0.29, 0.717) is 5.89 Å². The number of nitrogens with zero attached hydrogens (tertiary/aromatic N) is 2. The molecule has 0 aliphatic heterocycles. The third kappa shape index (κ3) is 1.32. The Kier molecular flexibility index (Phi) is 1.80. The minimum Gasteiger partial charge on any atom is -0.443 e. The van der Waals surface area contributed by atoms with E-state index in [1.54, 1.807) is 0 Å². The lowest BCUT2D eigenvalue weighted by atomic mass is 10.2. The third-order valence-corrected chi connectivity index (χ3v) is 2.86. The summed E-state index contributed by atoms with van der Waals surface area (Å²) >= 11 is 0. The van der Waals surface area contributed by atoms with Gasteiger partial charge in [0.25, 0.3) is 0 Å². The summed E-state index contributed by atoms with van der Waals surface area (Å²) in [6, 6.07) is 13.5. The Labute approximate surface area is 102 Å². The molecule has 0 aliphatic carbocycles. The topological polar surface area (TPSA) is 52.1 Å². The average molecular weight is 236 g/mol. The summed E-state index contributed by atoms with van der Waals surface area (Å²) in [4.78, 5) is 8.55. The molecule has 0 aliphatic rings. The molecule has 0 spiro atoms. The van der Waals surface area contributed by atoms with Crippen LogP contribution in [0.4, 0.5) is 0 Å². The molecule has 86 valence electrons. The fourth-order valence-electron chi connectivity index (χ4n) is 1.98. The number of hydrogen-bond acceptors (Lipinski definition) is 4. The van der Waals surface area contributed by atoms with Gasteiger partial charge in [-0.15, -0.1) is 0 Å². The van der Waals surface area contributed by atoms with Gasteiger partial charge in [-0.05, 0) is 12.1 Å². The first-order valence-corrected chi connectivity index (χ1v) is 5.59. The predicted octanol–water partition coefficient (Wildman–Crippen LogP) is 3.64. The zero-order valence-electron chi connectivity index (χ0n) is 9.33. The van der Waals surface area contributed by atoms with Crippen molar-refractivity contribution >= 4 is 22.2 Å². The lowest BCUT2D eigenvalue weighted by molar-refractivity contribution is 0.602. The van der Waals surface area contributed by atoms with Gasteiger partial charge in [0.2, 0.25) is 5.89 Å². The highest BCUT2D eigenvalue weighted by Crippen LogP contribution is 2.27. The van der Waals surface area contributed by atoms with Gasteiger partial charge in [0.05, 0.1) is 0 Å². The second-order valence-electron chi connectivity index (χ2n) is 4.03. The van der Waals surface area contributed by atoms with Crippen molar-refractivity contribution in [3.63, 3.8) is 0 Å². The van der Waals surface area contributed by atoms with E-state index in [-0.39, 0.29) is 0 Å². The van der Waals surface area contributed by atoms with Gasteiger partial charge in [-0.2, -0.15) is 0 Å². The summed E-state index contributed by atoms with van der Waals surface area (Å²) in [5, 5.41) is 0. The molecular weight excluding hydrogens is 228 g/mol. The number of oxazole rings is 2. The van der Waals surface area contributed by atoms with Crippen LogP contribution in [-0.4, -0.2) is 9.97 Å². The quantitative estimate of drug-likeness (QED) is 0.506. The molecule has 18 heavy (non-hydrogen) atoms. The van der Waals surface area contributed by atoms with E-state index in [4.69, 9.17) is 8.83 Å². The van der Waals surface area contributed by atoms with Crippen LogP contribution in [0.5, 0.6) is 0 Å². The van der Waals surface area contributed by atoms with Crippen molar-refractivity contribution in [1.29, 1.82) is 0 Å². The van der Waals surface area contributed by atoms with Crippen molar-refractivity contribution in [2.45, 2.75) is 0 Å². The molecule has 4 rings (SSSR count). The van der Waals surface area contributed by atoms with E-state index in [2.05, 4.69) is 9.97 Å². The lowest BCUT2D eigenvalue weighted by Gasteiger charge is -1.91. The first kappa shape index (κ1) is 9.41. The van der Waals surface area contributed by atoms with Crippen LogP contribution >= 0.6 is 0 Å². The summed E-state index contributed by atoms with van der Waals surface area (Å²) in [5.74, 6) is 0.609. The summed E-state index contributed by atoms with van der Waals surface area (Å²) in [6.45, 7) is 0. The number of fused-ring (bicyclic) bond motifs is 2. The van der Waals surface area contributed by atoms with E-state index < -0.39 is 0 Å². The van der Waals surface area contributed by atoms with Crippen LogP contribution in [0, 0.1) is 0 Å². The number of aromatic nitrogens is 2. The van der Waals surface area contributed by atoms with Crippen molar-refractivity contribution in [1.82, 2.24) is 9.97 Å². The van der Waals surface area contributed by atoms with Crippen LogP contribution < -0.4 is 0 Å². The summed E-state index contributed by atoms with van der Waals surface area (Å²) in [6.07, 6.45) is 1.42. The average Bonchev–Trinajstić information content (AvgIpc) is 3.01. The maximum Gasteiger partial charge on any atom is 0.227 e. The highest BCUT2D eigenvalue weighted by atomic mass is 16.4. The molecule has 0 fully saturated rings. The monoisotopic (exact) mass is 236 g/mol. The molecular formula is C14H8N2O2. The third-order valence-electron chi connectivity index (χ3n) is 2.86. The van der Waals surface area contributed by atoms with Crippen LogP contribution in [0.2, 0.25) is 0 Å². The summed E-state index contributed by atoms with van der Waals surface area (Å²) < 4.78 is 11.0. The van der Waals surface area contributed by atoms with Crippen LogP contribution in [0.15, 0.2) is 57.7 Å². The Balaban J connectivity index is 1.98. The Morgan fingerprint density at radius 2 is 1.72 bits per heavy atom. The van der Waals surface area contributed by atoms with E-state index in [1.165, 1.54) is 6.39 Å². The standard InChI is InChI=1S/C14H8N2O2/c1-2-4-9(5-3-1)14-16-11-7-12-10(15-8-17-12)6-13(11)18-14/h1-8H. The maximum atomic E-state index is 5.74. The SMILES string of the molecule is c1ccc(-c2nc3cc4ocnc4cc3o2)cc1. The minimum atomic E-state index is 0.609. The zero-order valence-corrected chi connectivity index (χ0v) is 9.33. The molecule has 0 saturated heterocycles. The first-order valence-electron chi connectivity index (χ1n) is 5.59. The molecule has 2 aromatic carbocycles. The molecule has 0 saturated carbocycles. The van der Waals surface area contributed by atoms with Crippen molar-refractivity contribution in [2.75, 3.05) is 0 Å². The van der Waals surface area contributed by atoms with Crippen molar-refractivity contribution < 1.29 is 8.83 Å². The van der Waals surface area contributed by atoms with Crippen LogP contribution in [0.1, 0.15) is 0 Å². The van der Waals surface area contributed by atoms with Gasteiger partial charge in [0.15, 0.2) is 17.6 Å². The number of benzene rings is 2. The maximum absolute atomic E-state index is 5.74. The second kappa shape index (κ2) is 3.43. The summed E-state index contributed by atoms with van der Waals surface area (Å²) in [7, 11) is 0. The number of hydrogen-bond donors (Lipinski definition) is 0. The van der Waals surface area contributed by atoms with E-state index in [9.17, 15) is 0 Å². The number of rotatable bonds is 1. The van der Waals surface area contributed by atoms with Crippen LogP contribution in [0.25, 0.3) is 33.7 Å². The van der Waals surface area contributed by atoms with Crippen molar-refractivity contribution in [3.8, 4) is 11.5 Å². The lowest BCUT2D eigenvalue weighted by Crippen LogP contribution is -1.74. The van der Waals surface area contributed by atoms with Crippen molar-refractivity contribution in [2.24, 2.45) is 0 Å². The van der Waals surface area contributed by atoms with Gasteiger partial charge in [-0.3, -0.25) is 0 Å². The fraction of sp³-hybridized carbons (Fsp3) is 0. The molecule has 0 radical (unpaired) electrons. The van der Waals surface area contributed by atoms with E-state index in [0.717, 1.165) is 27.8 Å². The molecule has 4 nitrogen and oxygen atoms in total. The Morgan fingerprint density at radius 1 is 0.889 bits per heavy atom. The molecule has 4 aromatic rings. The second-order valence-corrected chi connectivity index (χ2v) is 4.03. The summed E-state index contributed by atoms with van der Waals surface area (Å²) in [5.41, 5.74) is 3.94. The van der Waals surface area contributed by atoms with Gasteiger partial charge in [-0.25, -0.2) is 9.97 Å². The molecule has 2 aromatic heterocycles. The van der Waals surface area contributed by atoms with Gasteiger partial charge in [-0.1, -0.05) is 18.2 Å². The first-order chi connectivity index (χ1) is 8.90. The molecule has 2 heterocycles. The van der Waals surface area contributed by atoms with Gasteiger partial charge >= 0.3 is 0 Å². The molecule has 0 amide bonds. The molecule has 0 N–H and O–H groups in total. The van der Waals surface area contributed by atoms with E-state index >= 15 is 0 Å². The molecule has 4 heteroatoms. The highest BCUT2D eigenvalue weighted by molar-refractivity contribution is 5.89. The largest absolute Gasteiger partial charge is 0.443 e. The van der Waals surface area contributed by atoms with Gasteiger partial charge < -0.3 is 8.83 Å². The van der Waals surface area contributed by atoms with E-state index in [1.807, 2.05) is 42.5 Å². The highest BCUT2D eigenvalue weighted by Gasteiger charge is 2.10. The van der Waals surface area contributed by atoms with Crippen molar-refractivity contribution in [3.05, 3.63) is 48.9 Å². The van der Waals surface area contributed by atoms with Crippen LogP contribution in [-0.2, 0) is 0 Å². The smallest absolute Gasteiger partial charge is 0.227 e. The zero-order chi connectivity index (χ0) is 11.9. The van der Waals surface area contributed by atoms with Gasteiger partial charge in [0.1, 0.15) is 11.0 Å². The fourth-order valence-corrected chi connectivity index (χ4v) is 1.98. The van der Waals surface area contributed by atoms with Gasteiger partial charge in [0, 0.05) is 17.7 Å². The molecule has 0 bridgehead atoms. The minimum absolute atomic E-state index is 0.609.